The summed E-state index contributed by atoms with van der Waals surface area (Å²) in [7, 11) is 0. The minimum absolute atomic E-state index is 0.0856. The lowest BCUT2D eigenvalue weighted by Crippen LogP contribution is -2.28. The third-order valence-electron chi connectivity index (χ3n) is 4.29. The van der Waals surface area contributed by atoms with Gasteiger partial charge in [0.25, 0.3) is 11.6 Å². The summed E-state index contributed by atoms with van der Waals surface area (Å²) in [6.07, 6.45) is 2.62. The number of hydrogen-bond donors (Lipinski definition) is 2. The van der Waals surface area contributed by atoms with Crippen LogP contribution in [0.5, 0.6) is 0 Å². The SMILES string of the molecule is O=C(NN=Cc1ccccc1[N+](=O)[O-])C(=NNc1ncnc2ccccc12)c1cccs1. The summed E-state index contributed by atoms with van der Waals surface area (Å²) in [4.78, 5) is 32.4. The molecule has 0 unspecified atom stereocenters. The van der Waals surface area contributed by atoms with E-state index in [9.17, 15) is 14.9 Å². The van der Waals surface area contributed by atoms with Crippen molar-refractivity contribution in [3.05, 3.63) is 92.9 Å². The van der Waals surface area contributed by atoms with Gasteiger partial charge < -0.3 is 0 Å². The van der Waals surface area contributed by atoms with Crippen LogP contribution in [0, 0.1) is 10.1 Å². The standard InChI is InChI=1S/C21H15N7O3S/c29-21(27-24-12-14-6-1-4-9-17(14)28(30)31)19(18-10-5-11-32-18)25-26-20-15-7-2-3-8-16(15)22-13-23-20/h1-13H,(H,27,29)(H,22,23,26). The molecule has 0 saturated heterocycles. The van der Waals surface area contributed by atoms with Gasteiger partial charge in [-0.05, 0) is 29.6 Å². The van der Waals surface area contributed by atoms with Crippen molar-refractivity contribution in [3.8, 4) is 0 Å². The van der Waals surface area contributed by atoms with Crippen molar-refractivity contribution >= 4 is 51.6 Å². The van der Waals surface area contributed by atoms with Crippen LogP contribution >= 0.6 is 11.3 Å². The Bertz CT molecular complexity index is 1330. The Morgan fingerprint density at radius 1 is 1.06 bits per heavy atom. The topological polar surface area (TPSA) is 135 Å². The first-order chi connectivity index (χ1) is 15.6. The molecule has 0 atom stereocenters. The molecule has 0 spiro atoms. The first-order valence-corrected chi connectivity index (χ1v) is 10.2. The number of nitro groups is 1. The smallest absolute Gasteiger partial charge is 0.265 e. The summed E-state index contributed by atoms with van der Waals surface area (Å²) >= 11 is 1.33. The van der Waals surface area contributed by atoms with Crippen LogP contribution in [-0.2, 0) is 4.79 Å². The third-order valence-corrected chi connectivity index (χ3v) is 5.17. The molecular formula is C21H15N7O3S. The Morgan fingerprint density at radius 2 is 1.88 bits per heavy atom. The fourth-order valence-corrected chi connectivity index (χ4v) is 3.52. The van der Waals surface area contributed by atoms with Gasteiger partial charge in [-0.3, -0.25) is 20.3 Å². The highest BCUT2D eigenvalue weighted by Crippen LogP contribution is 2.19. The van der Waals surface area contributed by atoms with Crippen molar-refractivity contribution < 1.29 is 9.72 Å². The number of carbonyl (C=O) groups excluding carboxylic acids is 1. The molecule has 158 valence electrons. The van der Waals surface area contributed by atoms with Crippen LogP contribution in [0.1, 0.15) is 10.4 Å². The van der Waals surface area contributed by atoms with Gasteiger partial charge in [0.05, 0.1) is 27.1 Å². The van der Waals surface area contributed by atoms with Crippen molar-refractivity contribution in [3.63, 3.8) is 0 Å². The zero-order valence-corrected chi connectivity index (χ0v) is 17.2. The van der Waals surface area contributed by atoms with E-state index < -0.39 is 10.8 Å². The normalized spacial score (nSPS) is 11.6. The van der Waals surface area contributed by atoms with Crippen molar-refractivity contribution in [2.24, 2.45) is 10.2 Å². The number of rotatable bonds is 7. The van der Waals surface area contributed by atoms with Crippen LogP contribution in [0.25, 0.3) is 10.9 Å². The molecule has 4 rings (SSSR count). The van der Waals surface area contributed by atoms with E-state index in [-0.39, 0.29) is 17.0 Å². The molecular weight excluding hydrogens is 430 g/mol. The molecule has 0 bridgehead atoms. The maximum atomic E-state index is 12.8. The largest absolute Gasteiger partial charge is 0.293 e. The van der Waals surface area contributed by atoms with E-state index in [1.165, 1.54) is 36.0 Å². The molecule has 0 aliphatic carbocycles. The lowest BCUT2D eigenvalue weighted by Gasteiger charge is -2.06. The third kappa shape index (κ3) is 4.63. The highest BCUT2D eigenvalue weighted by Gasteiger charge is 2.16. The predicted octanol–water partition coefficient (Wildman–Crippen LogP) is 3.57. The molecule has 1 amide bonds. The highest BCUT2D eigenvalue weighted by atomic mass is 32.1. The Labute approximate surface area is 185 Å². The van der Waals surface area contributed by atoms with Crippen molar-refractivity contribution in [1.82, 2.24) is 15.4 Å². The quantitative estimate of drug-likeness (QED) is 0.254. The molecule has 32 heavy (non-hydrogen) atoms. The lowest BCUT2D eigenvalue weighted by atomic mass is 10.2. The van der Waals surface area contributed by atoms with E-state index >= 15 is 0 Å². The summed E-state index contributed by atoms with van der Waals surface area (Å²) < 4.78 is 0. The second-order valence-electron chi connectivity index (χ2n) is 6.30. The average Bonchev–Trinajstić information content (AvgIpc) is 3.34. The maximum Gasteiger partial charge on any atom is 0.293 e. The van der Waals surface area contributed by atoms with E-state index in [2.05, 4.69) is 31.0 Å². The van der Waals surface area contributed by atoms with Gasteiger partial charge in [-0.2, -0.15) is 10.2 Å². The Balaban J connectivity index is 1.57. The molecule has 11 heteroatoms. The number of hydrazone groups is 2. The Morgan fingerprint density at radius 3 is 2.69 bits per heavy atom. The molecule has 2 aromatic carbocycles. The first kappa shape index (κ1) is 20.8. The van der Waals surface area contributed by atoms with E-state index in [1.54, 1.807) is 24.3 Å². The molecule has 10 nitrogen and oxygen atoms in total. The predicted molar refractivity (Wildman–Crippen MR) is 123 cm³/mol. The Hall–Kier alpha value is -4.51. The van der Waals surface area contributed by atoms with Gasteiger partial charge in [-0.25, -0.2) is 15.4 Å². The van der Waals surface area contributed by atoms with E-state index in [0.29, 0.717) is 10.7 Å². The number of thiophene rings is 1. The minimum atomic E-state index is -0.590. The molecule has 0 saturated carbocycles. The number of nitrogens with zero attached hydrogens (tertiary/aromatic N) is 5. The summed E-state index contributed by atoms with van der Waals surface area (Å²) in [5, 5.41) is 21.8. The fraction of sp³-hybridized carbons (Fsp3) is 0. The lowest BCUT2D eigenvalue weighted by molar-refractivity contribution is -0.385. The molecule has 4 aromatic rings. The second kappa shape index (κ2) is 9.53. The van der Waals surface area contributed by atoms with Crippen LogP contribution in [0.15, 0.2) is 82.6 Å². The van der Waals surface area contributed by atoms with E-state index in [0.717, 1.165) is 10.9 Å². The molecule has 2 heterocycles. The fourth-order valence-electron chi connectivity index (χ4n) is 2.81. The first-order valence-electron chi connectivity index (χ1n) is 9.27. The molecule has 0 aliphatic heterocycles. The van der Waals surface area contributed by atoms with Gasteiger partial charge in [0.1, 0.15) is 6.33 Å². The monoisotopic (exact) mass is 445 g/mol. The summed E-state index contributed by atoms with van der Waals surface area (Å²) in [6, 6.07) is 17.0. The molecule has 0 radical (unpaired) electrons. The number of benzene rings is 2. The molecule has 0 fully saturated rings. The number of para-hydroxylation sites is 2. The van der Waals surface area contributed by atoms with Crippen LogP contribution in [0.2, 0.25) is 0 Å². The summed E-state index contributed by atoms with van der Waals surface area (Å²) in [6.45, 7) is 0. The zero-order valence-electron chi connectivity index (χ0n) is 16.4. The van der Waals surface area contributed by atoms with Crippen LogP contribution in [0.4, 0.5) is 11.5 Å². The van der Waals surface area contributed by atoms with Crippen molar-refractivity contribution in [2.45, 2.75) is 0 Å². The van der Waals surface area contributed by atoms with Gasteiger partial charge in [-0.15, -0.1) is 11.3 Å². The number of anilines is 1. The average molecular weight is 445 g/mol. The number of carbonyl (C=O) groups is 1. The number of amides is 1. The summed E-state index contributed by atoms with van der Waals surface area (Å²) in [5.74, 6) is -0.144. The van der Waals surface area contributed by atoms with Gasteiger partial charge in [0, 0.05) is 11.5 Å². The van der Waals surface area contributed by atoms with Crippen molar-refractivity contribution in [1.29, 1.82) is 0 Å². The highest BCUT2D eigenvalue weighted by molar-refractivity contribution is 7.13. The van der Waals surface area contributed by atoms with Crippen LogP contribution in [-0.4, -0.2) is 32.7 Å². The number of nitro benzene ring substituents is 1. The zero-order chi connectivity index (χ0) is 22.3. The van der Waals surface area contributed by atoms with Gasteiger partial charge in [0.2, 0.25) is 0 Å². The second-order valence-corrected chi connectivity index (χ2v) is 7.25. The number of hydrogen-bond acceptors (Lipinski definition) is 9. The minimum Gasteiger partial charge on any atom is -0.265 e. The molecule has 0 aliphatic rings. The van der Waals surface area contributed by atoms with Gasteiger partial charge in [0.15, 0.2) is 11.5 Å². The number of aromatic nitrogens is 2. The molecule has 2 aromatic heterocycles. The number of fused-ring (bicyclic) bond motifs is 1. The number of nitrogens with one attached hydrogen (secondary N) is 2. The van der Waals surface area contributed by atoms with Crippen LogP contribution in [0.3, 0.4) is 0 Å². The van der Waals surface area contributed by atoms with Crippen molar-refractivity contribution in [2.75, 3.05) is 5.43 Å². The van der Waals surface area contributed by atoms with E-state index in [4.69, 9.17) is 0 Å². The van der Waals surface area contributed by atoms with Crippen LogP contribution < -0.4 is 10.9 Å². The van der Waals surface area contributed by atoms with Gasteiger partial charge in [-0.1, -0.05) is 30.3 Å². The summed E-state index contributed by atoms with van der Waals surface area (Å²) in [5.41, 5.74) is 6.17. The van der Waals surface area contributed by atoms with E-state index in [1.807, 2.05) is 29.6 Å². The maximum absolute atomic E-state index is 12.8. The Kier molecular flexibility index (Phi) is 6.18. The van der Waals surface area contributed by atoms with Gasteiger partial charge >= 0.3 is 0 Å². The molecule has 2 N–H and O–H groups in total.